The minimum Gasteiger partial charge on any atom is -0.494 e. The molecule has 0 radical (unpaired) electrons. The molecule has 0 spiro atoms. The molecule has 148 valence electrons. The number of nitrogens with one attached hydrogen (secondary N) is 1. The van der Waals surface area contributed by atoms with E-state index in [2.05, 4.69) is 25.6 Å². The van der Waals surface area contributed by atoms with Crippen LogP contribution in [0.15, 0.2) is 30.6 Å². The Morgan fingerprint density at radius 3 is 2.76 bits per heavy atom. The van der Waals surface area contributed by atoms with Gasteiger partial charge in [0.1, 0.15) is 12.9 Å². The standard InChI is InChI=1S/C16H13ClF2N6O3.Zn/c1-28-14-8(15-20-7-25(24-15)6-12(18)19)3-2-4-9(14)21-10-5-11(17)22-23-13(10)16(26)27;/h2-5,7,12H,6H2,1H3,(H,21,22)(H,26,27);. The Bertz CT molecular complexity index is 1020. The van der Waals surface area contributed by atoms with Crippen molar-refractivity contribution in [1.82, 2.24) is 25.0 Å². The van der Waals surface area contributed by atoms with Gasteiger partial charge in [-0.1, -0.05) is 17.7 Å². The van der Waals surface area contributed by atoms with Crippen LogP contribution in [0.4, 0.5) is 20.2 Å². The molecule has 3 aromatic rings. The first-order valence-corrected chi connectivity index (χ1v) is 8.15. The average Bonchev–Trinajstić information content (AvgIpc) is 3.09. The first kappa shape index (κ1) is 22.6. The number of anilines is 2. The number of halogens is 3. The molecule has 3 rings (SSSR count). The molecule has 0 aliphatic carbocycles. The number of ether oxygens (including phenoxy) is 1. The number of aromatic nitrogens is 5. The molecule has 0 saturated heterocycles. The molecule has 1 aromatic carbocycles. The number of hydrogen-bond acceptors (Lipinski definition) is 7. The number of benzene rings is 1. The van der Waals surface area contributed by atoms with Gasteiger partial charge in [-0.2, -0.15) is 5.10 Å². The number of rotatable bonds is 7. The van der Waals surface area contributed by atoms with Crippen LogP contribution in [0.3, 0.4) is 0 Å². The average molecular weight is 476 g/mol. The van der Waals surface area contributed by atoms with Crippen LogP contribution in [-0.2, 0) is 26.0 Å². The van der Waals surface area contributed by atoms with Crippen LogP contribution in [0.5, 0.6) is 5.75 Å². The summed E-state index contributed by atoms with van der Waals surface area (Å²) >= 11 is 5.81. The maximum absolute atomic E-state index is 12.5. The number of carboxylic acid groups (broad SMARTS) is 1. The topological polar surface area (TPSA) is 115 Å². The van der Waals surface area contributed by atoms with Gasteiger partial charge < -0.3 is 15.2 Å². The Labute approximate surface area is 180 Å². The summed E-state index contributed by atoms with van der Waals surface area (Å²) in [4.78, 5) is 15.4. The number of carbonyl (C=O) groups is 1. The van der Waals surface area contributed by atoms with Crippen molar-refractivity contribution in [2.45, 2.75) is 13.0 Å². The van der Waals surface area contributed by atoms with Gasteiger partial charge in [0, 0.05) is 25.5 Å². The third kappa shape index (κ3) is 5.21. The summed E-state index contributed by atoms with van der Waals surface area (Å²) in [5.74, 6) is -0.846. The van der Waals surface area contributed by atoms with Crippen molar-refractivity contribution in [2.24, 2.45) is 0 Å². The normalized spacial score (nSPS) is 10.5. The van der Waals surface area contributed by atoms with E-state index in [0.29, 0.717) is 11.3 Å². The van der Waals surface area contributed by atoms with Crippen LogP contribution < -0.4 is 10.1 Å². The number of aromatic carboxylic acids is 1. The Morgan fingerprint density at radius 1 is 1.34 bits per heavy atom. The van der Waals surface area contributed by atoms with Gasteiger partial charge in [-0.15, -0.1) is 10.2 Å². The van der Waals surface area contributed by atoms with Gasteiger partial charge in [0.15, 0.2) is 22.4 Å². The number of nitrogens with zero attached hydrogens (tertiary/aromatic N) is 5. The van der Waals surface area contributed by atoms with Crippen LogP contribution in [0, 0.1) is 0 Å². The molecule has 0 fully saturated rings. The Hall–Kier alpha value is -2.72. The molecule has 0 amide bonds. The van der Waals surface area contributed by atoms with E-state index in [-0.39, 0.29) is 47.6 Å². The summed E-state index contributed by atoms with van der Waals surface area (Å²) in [7, 11) is 1.40. The van der Waals surface area contributed by atoms with Gasteiger partial charge in [-0.25, -0.2) is 23.2 Å². The van der Waals surface area contributed by atoms with Crippen molar-refractivity contribution in [3.05, 3.63) is 41.4 Å². The number of hydrogen-bond donors (Lipinski definition) is 2. The number of para-hydroxylation sites is 1. The van der Waals surface area contributed by atoms with Gasteiger partial charge in [0.2, 0.25) is 0 Å². The summed E-state index contributed by atoms with van der Waals surface area (Å²) in [6.45, 7) is -0.587. The molecule has 0 atom stereocenters. The van der Waals surface area contributed by atoms with Crippen LogP contribution >= 0.6 is 11.6 Å². The largest absolute Gasteiger partial charge is 0.494 e. The molecule has 0 saturated carbocycles. The Balaban J connectivity index is 0.00000300. The monoisotopic (exact) mass is 474 g/mol. The van der Waals surface area contributed by atoms with Gasteiger partial charge >= 0.3 is 5.97 Å². The first-order chi connectivity index (χ1) is 13.4. The smallest absolute Gasteiger partial charge is 0.358 e. The molecule has 2 aromatic heterocycles. The van der Waals surface area contributed by atoms with Crippen molar-refractivity contribution in [3.8, 4) is 17.1 Å². The summed E-state index contributed by atoms with van der Waals surface area (Å²) in [6, 6.07) is 6.21. The van der Waals surface area contributed by atoms with Crippen molar-refractivity contribution in [1.29, 1.82) is 0 Å². The molecule has 0 bridgehead atoms. The fraction of sp³-hybridized carbons (Fsp3) is 0.188. The van der Waals surface area contributed by atoms with E-state index in [9.17, 15) is 18.7 Å². The van der Waals surface area contributed by atoms with Crippen LogP contribution in [0.25, 0.3) is 11.4 Å². The summed E-state index contributed by atoms with van der Waals surface area (Å²) in [5, 5.41) is 23.2. The second-order valence-corrected chi connectivity index (χ2v) is 5.81. The fourth-order valence-corrected chi connectivity index (χ4v) is 2.59. The maximum Gasteiger partial charge on any atom is 0.358 e. The Kier molecular flexibility index (Phi) is 7.52. The SMILES string of the molecule is COc1c(Nc2cc(Cl)nnc2C(=O)O)cccc1-c1ncn(CC(F)F)n1.[Zn]. The third-order valence-electron chi connectivity index (χ3n) is 3.56. The molecule has 0 aliphatic heterocycles. The number of methoxy groups -OCH3 is 1. The molecule has 9 nitrogen and oxygen atoms in total. The molecular weight excluding hydrogens is 463 g/mol. The molecule has 2 heterocycles. The van der Waals surface area contributed by atoms with Gasteiger partial charge in [-0.05, 0) is 12.1 Å². The molecule has 0 unspecified atom stereocenters. The zero-order chi connectivity index (χ0) is 20.3. The van der Waals surface area contributed by atoms with E-state index in [1.165, 1.54) is 19.5 Å². The number of alkyl halides is 2. The molecule has 13 heteroatoms. The van der Waals surface area contributed by atoms with E-state index in [1.807, 2.05) is 0 Å². The van der Waals surface area contributed by atoms with E-state index in [4.69, 9.17) is 16.3 Å². The Morgan fingerprint density at radius 2 is 2.10 bits per heavy atom. The van der Waals surface area contributed by atoms with Gasteiger partial charge in [0.05, 0.1) is 24.0 Å². The van der Waals surface area contributed by atoms with E-state index in [0.717, 1.165) is 4.68 Å². The van der Waals surface area contributed by atoms with Gasteiger partial charge in [0.25, 0.3) is 6.43 Å². The van der Waals surface area contributed by atoms with Crippen molar-refractivity contribution in [2.75, 3.05) is 12.4 Å². The quantitative estimate of drug-likeness (QED) is 0.501. The summed E-state index contributed by atoms with van der Waals surface area (Å²) in [5.41, 5.74) is 0.553. The van der Waals surface area contributed by atoms with Crippen LogP contribution in [0.1, 0.15) is 10.5 Å². The van der Waals surface area contributed by atoms with E-state index in [1.54, 1.807) is 18.2 Å². The predicted octanol–water partition coefficient (Wildman–Crippen LogP) is 3.10. The molecule has 0 aliphatic rings. The minimum absolute atomic E-state index is 0. The summed E-state index contributed by atoms with van der Waals surface area (Å²) in [6.07, 6.45) is -1.38. The zero-order valence-electron chi connectivity index (χ0n) is 15.0. The van der Waals surface area contributed by atoms with Crippen LogP contribution in [-0.4, -0.2) is 49.6 Å². The first-order valence-electron chi connectivity index (χ1n) is 7.77. The molecule has 29 heavy (non-hydrogen) atoms. The van der Waals surface area contributed by atoms with Gasteiger partial charge in [-0.3, -0.25) is 0 Å². The van der Waals surface area contributed by atoms with Crippen LogP contribution in [0.2, 0.25) is 5.15 Å². The second-order valence-electron chi connectivity index (χ2n) is 5.43. The second kappa shape index (κ2) is 9.66. The minimum atomic E-state index is -2.57. The molecular formula is C16H13ClF2N6O3Zn. The van der Waals surface area contributed by atoms with Crippen molar-refractivity contribution >= 4 is 28.9 Å². The van der Waals surface area contributed by atoms with Crippen molar-refractivity contribution in [3.63, 3.8) is 0 Å². The van der Waals surface area contributed by atoms with E-state index >= 15 is 0 Å². The third-order valence-corrected chi connectivity index (χ3v) is 3.74. The maximum atomic E-state index is 12.5. The fourth-order valence-electron chi connectivity index (χ4n) is 2.45. The zero-order valence-corrected chi connectivity index (χ0v) is 18.7. The van der Waals surface area contributed by atoms with Crippen molar-refractivity contribution < 1.29 is 42.9 Å². The predicted molar refractivity (Wildman–Crippen MR) is 95.3 cm³/mol. The number of carboxylic acids is 1. The van der Waals surface area contributed by atoms with E-state index < -0.39 is 18.9 Å². The molecule has 2 N–H and O–H groups in total. The summed E-state index contributed by atoms with van der Waals surface area (Å²) < 4.78 is 31.5.